The Morgan fingerprint density at radius 1 is 1.19 bits per heavy atom. The van der Waals surface area contributed by atoms with Crippen LogP contribution in [0.1, 0.15) is 17.5 Å². The van der Waals surface area contributed by atoms with E-state index in [-0.39, 0.29) is 12.4 Å². The molecule has 0 atom stereocenters. The molecule has 3 aromatic rings. The summed E-state index contributed by atoms with van der Waals surface area (Å²) in [4.78, 5) is 11.7. The van der Waals surface area contributed by atoms with Crippen LogP contribution in [-0.4, -0.2) is 15.0 Å². The zero-order valence-corrected chi connectivity index (χ0v) is 13.6. The number of rotatable bonds is 2. The zero-order chi connectivity index (χ0) is 13.5. The highest BCUT2D eigenvalue weighted by molar-refractivity contribution is 9.10. The molecule has 21 heavy (non-hydrogen) atoms. The summed E-state index contributed by atoms with van der Waals surface area (Å²) in [5.41, 5.74) is 4.85. The number of anilines is 2. The molecule has 6 heteroatoms. The van der Waals surface area contributed by atoms with Gasteiger partial charge >= 0.3 is 0 Å². The molecule has 4 nitrogen and oxygen atoms in total. The second-order valence-corrected chi connectivity index (χ2v) is 5.95. The van der Waals surface area contributed by atoms with Crippen LogP contribution < -0.4 is 5.32 Å². The van der Waals surface area contributed by atoms with Crippen molar-refractivity contribution < 1.29 is 0 Å². The van der Waals surface area contributed by atoms with Gasteiger partial charge in [-0.1, -0.05) is 15.9 Å². The van der Waals surface area contributed by atoms with Crippen molar-refractivity contribution in [2.45, 2.75) is 19.3 Å². The van der Waals surface area contributed by atoms with Crippen molar-refractivity contribution in [2.24, 2.45) is 0 Å². The lowest BCUT2D eigenvalue weighted by Gasteiger charge is -2.12. The van der Waals surface area contributed by atoms with Gasteiger partial charge in [-0.15, -0.1) is 12.4 Å². The summed E-state index contributed by atoms with van der Waals surface area (Å²) in [6.45, 7) is 0. The predicted octanol–water partition coefficient (Wildman–Crippen LogP) is 4.37. The Morgan fingerprint density at radius 3 is 3.00 bits per heavy atom. The fraction of sp³-hybridized carbons (Fsp3) is 0.200. The average Bonchev–Trinajstić information content (AvgIpc) is 3.06. The molecule has 1 aliphatic carbocycles. The van der Waals surface area contributed by atoms with E-state index in [0.29, 0.717) is 0 Å². The van der Waals surface area contributed by atoms with Crippen molar-refractivity contribution in [1.82, 2.24) is 15.0 Å². The van der Waals surface area contributed by atoms with Gasteiger partial charge in [0.15, 0.2) is 0 Å². The van der Waals surface area contributed by atoms with Crippen LogP contribution in [0, 0.1) is 0 Å². The van der Waals surface area contributed by atoms with Gasteiger partial charge in [0.1, 0.15) is 17.8 Å². The SMILES string of the molecule is Brc1cc2c(c(Nc3ncnc4[nH]ccc34)c1)CCC2.Cl. The van der Waals surface area contributed by atoms with E-state index < -0.39 is 0 Å². The number of hydrogen-bond acceptors (Lipinski definition) is 3. The molecular weight excluding hydrogens is 352 g/mol. The third-order valence-corrected chi connectivity index (χ3v) is 4.24. The number of H-pyrrole nitrogens is 1. The van der Waals surface area contributed by atoms with Crippen LogP contribution in [0.3, 0.4) is 0 Å². The zero-order valence-electron chi connectivity index (χ0n) is 11.2. The highest BCUT2D eigenvalue weighted by Crippen LogP contribution is 2.34. The third kappa shape index (κ3) is 2.51. The number of nitrogens with one attached hydrogen (secondary N) is 2. The Balaban J connectivity index is 0.00000132. The minimum atomic E-state index is 0. The standard InChI is InChI=1S/C15H13BrN4.ClH/c16-10-6-9-2-1-3-11(9)13(7-10)20-15-12-4-5-17-14(12)18-8-19-15;/h4-8H,1-3H2,(H2,17,18,19,20);1H. The molecule has 0 aliphatic heterocycles. The summed E-state index contributed by atoms with van der Waals surface area (Å²) in [7, 11) is 0. The first-order chi connectivity index (χ1) is 9.81. The van der Waals surface area contributed by atoms with E-state index in [1.165, 1.54) is 17.5 Å². The lowest BCUT2D eigenvalue weighted by molar-refractivity contribution is 0.912. The molecular formula is C15H14BrClN4. The molecule has 0 unspecified atom stereocenters. The monoisotopic (exact) mass is 364 g/mol. The number of fused-ring (bicyclic) bond motifs is 2. The number of aromatic amines is 1. The number of benzene rings is 1. The van der Waals surface area contributed by atoms with E-state index >= 15 is 0 Å². The van der Waals surface area contributed by atoms with Gasteiger partial charge in [0.05, 0.1) is 5.39 Å². The second-order valence-electron chi connectivity index (χ2n) is 5.03. The maximum Gasteiger partial charge on any atom is 0.143 e. The number of nitrogens with zero attached hydrogens (tertiary/aromatic N) is 2. The fourth-order valence-corrected chi connectivity index (χ4v) is 3.38. The average molecular weight is 366 g/mol. The van der Waals surface area contributed by atoms with Crippen molar-refractivity contribution in [3.05, 3.63) is 46.3 Å². The Labute approximate surface area is 136 Å². The van der Waals surface area contributed by atoms with Gasteiger partial charge in [-0.2, -0.15) is 0 Å². The van der Waals surface area contributed by atoms with Gasteiger partial charge < -0.3 is 10.3 Å². The summed E-state index contributed by atoms with van der Waals surface area (Å²) in [6.07, 6.45) is 6.98. The number of aromatic nitrogens is 3. The highest BCUT2D eigenvalue weighted by atomic mass is 79.9. The smallest absolute Gasteiger partial charge is 0.143 e. The minimum Gasteiger partial charge on any atom is -0.346 e. The van der Waals surface area contributed by atoms with Crippen LogP contribution in [0.4, 0.5) is 11.5 Å². The Hall–Kier alpha value is -1.59. The van der Waals surface area contributed by atoms with E-state index in [0.717, 1.165) is 39.9 Å². The first-order valence-corrected chi connectivity index (χ1v) is 7.47. The third-order valence-electron chi connectivity index (χ3n) is 3.79. The molecule has 0 bridgehead atoms. The lowest BCUT2D eigenvalue weighted by atomic mass is 10.1. The minimum absolute atomic E-state index is 0. The van der Waals surface area contributed by atoms with Crippen LogP contribution in [0.25, 0.3) is 11.0 Å². The van der Waals surface area contributed by atoms with Crippen molar-refractivity contribution in [3.63, 3.8) is 0 Å². The summed E-state index contributed by atoms with van der Waals surface area (Å²) in [5, 5.41) is 4.49. The summed E-state index contributed by atoms with van der Waals surface area (Å²) >= 11 is 3.59. The van der Waals surface area contributed by atoms with E-state index in [9.17, 15) is 0 Å². The first kappa shape index (κ1) is 14.4. The van der Waals surface area contributed by atoms with Gasteiger partial charge in [-0.05, 0) is 48.6 Å². The van der Waals surface area contributed by atoms with E-state index in [2.05, 4.69) is 48.3 Å². The molecule has 2 aromatic heterocycles. The molecule has 0 saturated heterocycles. The number of aryl methyl sites for hydroxylation is 1. The molecule has 0 fully saturated rings. The molecule has 0 saturated carbocycles. The summed E-state index contributed by atoms with van der Waals surface area (Å²) in [5.74, 6) is 0.850. The van der Waals surface area contributed by atoms with Crippen LogP contribution in [0.15, 0.2) is 35.2 Å². The van der Waals surface area contributed by atoms with E-state index in [1.807, 2.05) is 12.3 Å². The molecule has 0 radical (unpaired) electrons. The molecule has 4 rings (SSSR count). The first-order valence-electron chi connectivity index (χ1n) is 6.68. The van der Waals surface area contributed by atoms with Crippen molar-refractivity contribution in [3.8, 4) is 0 Å². The normalized spacial score (nSPS) is 13.0. The molecule has 1 aromatic carbocycles. The van der Waals surface area contributed by atoms with Crippen LogP contribution >= 0.6 is 28.3 Å². The molecule has 1 aliphatic rings. The van der Waals surface area contributed by atoms with Gasteiger partial charge in [0.25, 0.3) is 0 Å². The number of hydrogen-bond donors (Lipinski definition) is 2. The maximum absolute atomic E-state index is 4.37. The Kier molecular flexibility index (Phi) is 3.87. The van der Waals surface area contributed by atoms with Crippen LogP contribution in [-0.2, 0) is 12.8 Å². The predicted molar refractivity (Wildman–Crippen MR) is 90.6 cm³/mol. The quantitative estimate of drug-likeness (QED) is 0.709. The summed E-state index contributed by atoms with van der Waals surface area (Å²) in [6, 6.07) is 6.35. The fourth-order valence-electron chi connectivity index (χ4n) is 2.88. The lowest BCUT2D eigenvalue weighted by Crippen LogP contribution is -1.99. The molecule has 0 amide bonds. The van der Waals surface area contributed by atoms with Crippen LogP contribution in [0.5, 0.6) is 0 Å². The molecule has 108 valence electrons. The van der Waals surface area contributed by atoms with Crippen LogP contribution in [0.2, 0.25) is 0 Å². The van der Waals surface area contributed by atoms with Crippen molar-refractivity contribution >= 4 is 50.9 Å². The Bertz CT molecular complexity index is 799. The van der Waals surface area contributed by atoms with Gasteiger partial charge in [0, 0.05) is 16.4 Å². The largest absolute Gasteiger partial charge is 0.346 e. The van der Waals surface area contributed by atoms with Gasteiger partial charge in [-0.3, -0.25) is 0 Å². The molecule has 0 spiro atoms. The molecule has 2 N–H and O–H groups in total. The maximum atomic E-state index is 4.37. The topological polar surface area (TPSA) is 53.6 Å². The second kappa shape index (κ2) is 5.66. The highest BCUT2D eigenvalue weighted by Gasteiger charge is 2.17. The van der Waals surface area contributed by atoms with E-state index in [4.69, 9.17) is 0 Å². The van der Waals surface area contributed by atoms with E-state index in [1.54, 1.807) is 6.33 Å². The Morgan fingerprint density at radius 2 is 2.10 bits per heavy atom. The van der Waals surface area contributed by atoms with Gasteiger partial charge in [-0.25, -0.2) is 9.97 Å². The van der Waals surface area contributed by atoms with Crippen molar-refractivity contribution in [1.29, 1.82) is 0 Å². The van der Waals surface area contributed by atoms with Gasteiger partial charge in [0.2, 0.25) is 0 Å². The molecule has 2 heterocycles. The summed E-state index contributed by atoms with van der Waals surface area (Å²) < 4.78 is 1.11. The van der Waals surface area contributed by atoms with Crippen molar-refractivity contribution in [2.75, 3.05) is 5.32 Å². The number of halogens is 2.